The summed E-state index contributed by atoms with van der Waals surface area (Å²) in [5.41, 5.74) is 12.0. The number of carbonyl (C=O) groups excluding carboxylic acids is 2. The Bertz CT molecular complexity index is 1510. The number of alkyl halides is 3. The van der Waals surface area contributed by atoms with Crippen molar-refractivity contribution in [3.63, 3.8) is 0 Å². The third-order valence-corrected chi connectivity index (χ3v) is 5.84. The van der Waals surface area contributed by atoms with Gasteiger partial charge in [-0.05, 0) is 30.7 Å². The van der Waals surface area contributed by atoms with Gasteiger partial charge in [0, 0.05) is 17.5 Å². The second kappa shape index (κ2) is 9.44. The van der Waals surface area contributed by atoms with Gasteiger partial charge in [0.1, 0.15) is 34.7 Å². The van der Waals surface area contributed by atoms with Gasteiger partial charge in [-0.25, -0.2) is 9.07 Å². The number of nitrogens with zero attached hydrogens (tertiary/aromatic N) is 3. The summed E-state index contributed by atoms with van der Waals surface area (Å²) >= 11 is 0. The van der Waals surface area contributed by atoms with E-state index >= 15 is 0 Å². The molecule has 2 aromatic carbocycles. The molecule has 1 atom stereocenters. The number of carbonyl (C=O) groups is 2. The van der Waals surface area contributed by atoms with Crippen LogP contribution in [0.3, 0.4) is 0 Å². The lowest BCUT2D eigenvalue weighted by molar-refractivity contribution is -0.164. The number of halogens is 4. The van der Waals surface area contributed by atoms with Gasteiger partial charge in [-0.15, -0.1) is 0 Å². The lowest BCUT2D eigenvalue weighted by Crippen LogP contribution is -2.26. The molecule has 14 heteroatoms. The molecule has 10 nitrogen and oxygen atoms in total. The summed E-state index contributed by atoms with van der Waals surface area (Å²) in [4.78, 5) is 24.8. The summed E-state index contributed by atoms with van der Waals surface area (Å²) in [7, 11) is 1.35. The third-order valence-electron chi connectivity index (χ3n) is 5.84. The van der Waals surface area contributed by atoms with Crippen molar-refractivity contribution in [1.82, 2.24) is 25.3 Å². The van der Waals surface area contributed by atoms with Crippen molar-refractivity contribution in [1.29, 1.82) is 0 Å². The third kappa shape index (κ3) is 4.64. The zero-order chi connectivity index (χ0) is 27.1. The van der Waals surface area contributed by atoms with Gasteiger partial charge in [0.15, 0.2) is 0 Å². The molecule has 2 amide bonds. The Morgan fingerprint density at radius 2 is 1.97 bits per heavy atom. The van der Waals surface area contributed by atoms with Crippen LogP contribution in [-0.2, 0) is 6.54 Å². The van der Waals surface area contributed by atoms with E-state index in [-0.39, 0.29) is 34.7 Å². The lowest BCUT2D eigenvalue weighted by Gasteiger charge is -2.17. The monoisotopic (exact) mass is 519 g/mol. The molecule has 0 aliphatic carbocycles. The molecule has 37 heavy (non-hydrogen) atoms. The minimum atomic E-state index is -4.68. The number of hydrogen-bond donors (Lipinski definition) is 4. The number of anilines is 1. The van der Waals surface area contributed by atoms with Crippen molar-refractivity contribution in [2.45, 2.75) is 25.7 Å². The molecule has 0 unspecified atom stereocenters. The molecule has 6 N–H and O–H groups in total. The fourth-order valence-electron chi connectivity index (χ4n) is 3.89. The summed E-state index contributed by atoms with van der Waals surface area (Å²) in [6.07, 6.45) is -3.29. The maximum Gasteiger partial charge on any atom is 0.410 e. The first-order valence-corrected chi connectivity index (χ1v) is 10.8. The smallest absolute Gasteiger partial charge is 0.410 e. The number of rotatable bonds is 7. The molecule has 0 bridgehead atoms. The van der Waals surface area contributed by atoms with Crippen molar-refractivity contribution in [2.75, 3.05) is 12.8 Å². The largest absolute Gasteiger partial charge is 0.496 e. The topological polar surface area (TPSA) is 154 Å². The summed E-state index contributed by atoms with van der Waals surface area (Å²) in [6.45, 7) is 0.826. The molecule has 194 valence electrons. The standard InChI is InChI=1S/C23H21F4N7O3/c1-10(23(25,26)27)34-20(28)17(21(29)35)19(33-34)13-5-3-11(18-15(13)9-31-32-18)8-30-22(36)14-7-12(24)4-6-16(14)37-2/h3-7,9-10H,8,28H2,1-2H3,(H2,29,35)(H,30,36)(H,31,32)/t10-/m1/s1. The van der Waals surface area contributed by atoms with Crippen LogP contribution in [0, 0.1) is 5.82 Å². The fourth-order valence-corrected chi connectivity index (χ4v) is 3.89. The number of primary amides is 1. The van der Waals surface area contributed by atoms with E-state index in [1.165, 1.54) is 25.4 Å². The second-order valence-corrected chi connectivity index (χ2v) is 8.09. The number of aromatic amines is 1. The van der Waals surface area contributed by atoms with Crippen molar-refractivity contribution in [3.8, 4) is 17.0 Å². The summed E-state index contributed by atoms with van der Waals surface area (Å²) in [5.74, 6) is -2.61. The van der Waals surface area contributed by atoms with Gasteiger partial charge in [-0.3, -0.25) is 14.7 Å². The second-order valence-electron chi connectivity index (χ2n) is 8.09. The van der Waals surface area contributed by atoms with Crippen LogP contribution < -0.4 is 21.5 Å². The van der Waals surface area contributed by atoms with E-state index in [4.69, 9.17) is 16.2 Å². The van der Waals surface area contributed by atoms with Crippen LogP contribution in [0.15, 0.2) is 36.5 Å². The Labute approximate surface area is 206 Å². The van der Waals surface area contributed by atoms with Crippen LogP contribution in [0.1, 0.15) is 39.2 Å². The Morgan fingerprint density at radius 3 is 2.62 bits per heavy atom. The van der Waals surface area contributed by atoms with E-state index in [2.05, 4.69) is 20.6 Å². The Hall–Kier alpha value is -4.62. The molecule has 2 heterocycles. The van der Waals surface area contributed by atoms with Gasteiger partial charge in [0.2, 0.25) is 0 Å². The van der Waals surface area contributed by atoms with Gasteiger partial charge in [0.25, 0.3) is 11.8 Å². The van der Waals surface area contributed by atoms with Gasteiger partial charge in [0.05, 0.1) is 24.4 Å². The van der Waals surface area contributed by atoms with Crippen LogP contribution in [-0.4, -0.2) is 45.1 Å². The van der Waals surface area contributed by atoms with Crippen LogP contribution in [0.2, 0.25) is 0 Å². The number of methoxy groups -OCH3 is 1. The Balaban J connectivity index is 1.72. The zero-order valence-electron chi connectivity index (χ0n) is 19.5. The number of aromatic nitrogens is 4. The van der Waals surface area contributed by atoms with E-state index in [1.54, 1.807) is 6.07 Å². The average molecular weight is 519 g/mol. The first kappa shape index (κ1) is 25.5. The minimum absolute atomic E-state index is 0.00845. The lowest BCUT2D eigenvalue weighted by atomic mass is 10.0. The maximum atomic E-state index is 13.7. The number of H-pyrrole nitrogens is 1. The zero-order valence-corrected chi connectivity index (χ0v) is 19.5. The molecule has 0 saturated heterocycles. The summed E-state index contributed by atoms with van der Waals surface area (Å²) in [5, 5.41) is 13.8. The van der Waals surface area contributed by atoms with Gasteiger partial charge in [-0.2, -0.15) is 23.4 Å². The average Bonchev–Trinajstić information content (AvgIpc) is 3.46. The fraction of sp³-hybridized carbons (Fsp3) is 0.217. The van der Waals surface area contributed by atoms with Gasteiger partial charge < -0.3 is 21.5 Å². The number of hydrogen-bond acceptors (Lipinski definition) is 6. The number of amides is 2. The summed E-state index contributed by atoms with van der Waals surface area (Å²) in [6, 6.07) is 4.47. The number of fused-ring (bicyclic) bond motifs is 1. The van der Waals surface area contributed by atoms with Crippen LogP contribution in [0.4, 0.5) is 23.4 Å². The molecular weight excluding hydrogens is 498 g/mol. The SMILES string of the molecule is COc1ccc(F)cc1C(=O)NCc1ccc(-c2nn([C@H](C)C(F)(F)F)c(N)c2C(N)=O)c2cn[nH]c12. The Morgan fingerprint density at radius 1 is 1.24 bits per heavy atom. The maximum absolute atomic E-state index is 13.7. The molecular formula is C23H21F4N7O3. The molecule has 0 radical (unpaired) electrons. The molecule has 2 aromatic heterocycles. The highest BCUT2D eigenvalue weighted by Gasteiger charge is 2.40. The molecule has 0 spiro atoms. The number of nitrogens with two attached hydrogens (primary N) is 2. The van der Waals surface area contributed by atoms with Crippen molar-refractivity contribution in [2.24, 2.45) is 5.73 Å². The molecule has 0 aliphatic rings. The van der Waals surface area contributed by atoms with Crippen LogP contribution >= 0.6 is 0 Å². The Kier molecular flexibility index (Phi) is 6.50. The van der Waals surface area contributed by atoms with Crippen LogP contribution in [0.25, 0.3) is 22.2 Å². The highest BCUT2D eigenvalue weighted by atomic mass is 19.4. The van der Waals surface area contributed by atoms with Crippen molar-refractivity contribution in [3.05, 3.63) is 59.0 Å². The first-order valence-electron chi connectivity index (χ1n) is 10.8. The highest BCUT2D eigenvalue weighted by molar-refractivity contribution is 6.07. The molecule has 0 fully saturated rings. The first-order chi connectivity index (χ1) is 17.4. The van der Waals surface area contributed by atoms with Gasteiger partial charge in [-0.1, -0.05) is 12.1 Å². The van der Waals surface area contributed by atoms with Crippen molar-refractivity contribution < 1.29 is 31.9 Å². The number of ether oxygens (including phenoxy) is 1. The number of benzene rings is 2. The quantitative estimate of drug-likeness (QED) is 0.275. The van der Waals surface area contributed by atoms with Gasteiger partial charge >= 0.3 is 6.18 Å². The molecule has 4 rings (SSSR count). The molecule has 0 aliphatic heterocycles. The summed E-state index contributed by atoms with van der Waals surface area (Å²) < 4.78 is 59.3. The van der Waals surface area contributed by atoms with E-state index in [1.807, 2.05) is 0 Å². The molecule has 4 aromatic rings. The normalized spacial score (nSPS) is 12.5. The van der Waals surface area contributed by atoms with E-state index in [0.717, 1.165) is 19.1 Å². The molecule has 0 saturated carbocycles. The van der Waals surface area contributed by atoms with E-state index < -0.39 is 35.7 Å². The predicted molar refractivity (Wildman–Crippen MR) is 125 cm³/mol. The predicted octanol–water partition coefficient (Wildman–Crippen LogP) is 3.31. The van der Waals surface area contributed by atoms with E-state index in [9.17, 15) is 27.2 Å². The van der Waals surface area contributed by atoms with Crippen LogP contribution in [0.5, 0.6) is 5.75 Å². The van der Waals surface area contributed by atoms with E-state index in [0.29, 0.717) is 21.1 Å². The van der Waals surface area contributed by atoms with Crippen molar-refractivity contribution >= 4 is 28.5 Å². The highest BCUT2D eigenvalue weighted by Crippen LogP contribution is 2.38. The number of nitrogen functional groups attached to an aromatic ring is 1. The minimum Gasteiger partial charge on any atom is -0.496 e. The number of nitrogens with one attached hydrogen (secondary N) is 2.